The molecule has 0 radical (unpaired) electrons. The van der Waals surface area contributed by atoms with Gasteiger partial charge >= 0.3 is 0 Å². The fourth-order valence-electron chi connectivity index (χ4n) is 1.70. The second kappa shape index (κ2) is 3.96. The average molecular weight is 192 g/mol. The summed E-state index contributed by atoms with van der Waals surface area (Å²) in [5, 5.41) is 0. The molecule has 0 spiro atoms. The number of aromatic nitrogens is 1. The van der Waals surface area contributed by atoms with E-state index in [0.29, 0.717) is 12.6 Å². The van der Waals surface area contributed by atoms with Gasteiger partial charge in [-0.3, -0.25) is 0 Å². The van der Waals surface area contributed by atoms with E-state index in [-0.39, 0.29) is 0 Å². The third-order valence-corrected chi connectivity index (χ3v) is 2.41. The van der Waals surface area contributed by atoms with Crippen LogP contribution in [0.4, 0.5) is 5.82 Å². The molecular weight excluding hydrogens is 176 g/mol. The molecule has 76 valence electrons. The number of nitrogens with zero attached hydrogens (tertiary/aromatic N) is 2. The first-order valence-electron chi connectivity index (χ1n) is 5.01. The van der Waals surface area contributed by atoms with Gasteiger partial charge in [0.25, 0.3) is 0 Å². The first-order valence-corrected chi connectivity index (χ1v) is 5.01. The molecule has 0 bridgehead atoms. The molecule has 3 nitrogen and oxygen atoms in total. The van der Waals surface area contributed by atoms with Crippen LogP contribution in [0.1, 0.15) is 12.5 Å². The maximum absolute atomic E-state index is 5.47. The highest BCUT2D eigenvalue weighted by atomic mass is 16.5. The monoisotopic (exact) mass is 192 g/mol. The van der Waals surface area contributed by atoms with Crippen molar-refractivity contribution in [3.05, 3.63) is 23.9 Å². The molecule has 14 heavy (non-hydrogen) atoms. The summed E-state index contributed by atoms with van der Waals surface area (Å²) in [7, 11) is 0. The zero-order valence-corrected chi connectivity index (χ0v) is 8.73. The summed E-state index contributed by atoms with van der Waals surface area (Å²) in [5.74, 6) is 1.61. The van der Waals surface area contributed by atoms with Crippen LogP contribution in [0.5, 0.6) is 0 Å². The highest BCUT2D eigenvalue weighted by molar-refractivity contribution is 5.40. The zero-order chi connectivity index (χ0) is 9.97. The number of pyridine rings is 1. The van der Waals surface area contributed by atoms with E-state index in [1.54, 1.807) is 0 Å². The Balaban J connectivity index is 2.14. The molecular formula is C11H16N2O. The van der Waals surface area contributed by atoms with Crippen LogP contribution in [0, 0.1) is 12.8 Å². The van der Waals surface area contributed by atoms with Crippen LogP contribution in [0.2, 0.25) is 0 Å². The van der Waals surface area contributed by atoms with E-state index in [4.69, 9.17) is 4.74 Å². The molecule has 0 N–H and O–H groups in total. The zero-order valence-electron chi connectivity index (χ0n) is 8.73. The SMILES string of the molecule is Cc1ccnc(N2COCC(C)C2)c1. The van der Waals surface area contributed by atoms with Crippen molar-refractivity contribution < 1.29 is 4.74 Å². The summed E-state index contributed by atoms with van der Waals surface area (Å²) in [4.78, 5) is 6.53. The number of ether oxygens (including phenoxy) is 1. The number of anilines is 1. The third kappa shape index (κ3) is 2.04. The average Bonchev–Trinajstić information content (AvgIpc) is 2.18. The summed E-state index contributed by atoms with van der Waals surface area (Å²) in [5.41, 5.74) is 1.24. The second-order valence-corrected chi connectivity index (χ2v) is 4.02. The van der Waals surface area contributed by atoms with Gasteiger partial charge in [0.05, 0.1) is 6.61 Å². The van der Waals surface area contributed by atoms with Gasteiger partial charge in [0.2, 0.25) is 0 Å². The second-order valence-electron chi connectivity index (χ2n) is 4.02. The maximum Gasteiger partial charge on any atom is 0.130 e. The molecule has 1 aromatic rings. The lowest BCUT2D eigenvalue weighted by atomic mass is 10.1. The quantitative estimate of drug-likeness (QED) is 0.678. The summed E-state index contributed by atoms with van der Waals surface area (Å²) >= 11 is 0. The molecule has 1 aliphatic heterocycles. The molecule has 1 fully saturated rings. The van der Waals surface area contributed by atoms with Gasteiger partial charge in [0, 0.05) is 12.7 Å². The Morgan fingerprint density at radius 2 is 2.43 bits per heavy atom. The van der Waals surface area contributed by atoms with Gasteiger partial charge in [-0.05, 0) is 30.5 Å². The van der Waals surface area contributed by atoms with Crippen molar-refractivity contribution in [2.75, 3.05) is 24.8 Å². The lowest BCUT2D eigenvalue weighted by molar-refractivity contribution is 0.0737. The minimum atomic E-state index is 0.589. The van der Waals surface area contributed by atoms with Gasteiger partial charge < -0.3 is 9.64 Å². The first-order chi connectivity index (χ1) is 6.75. The Hall–Kier alpha value is -1.09. The lowest BCUT2D eigenvalue weighted by Gasteiger charge is -2.31. The van der Waals surface area contributed by atoms with Crippen molar-refractivity contribution in [3.63, 3.8) is 0 Å². The summed E-state index contributed by atoms with van der Waals surface area (Å²) in [6.45, 7) is 6.85. The molecule has 0 saturated carbocycles. The smallest absolute Gasteiger partial charge is 0.130 e. The number of hydrogen-bond acceptors (Lipinski definition) is 3. The Kier molecular flexibility index (Phi) is 2.68. The highest BCUT2D eigenvalue weighted by Gasteiger charge is 2.17. The van der Waals surface area contributed by atoms with Gasteiger partial charge in [0.15, 0.2) is 0 Å². The Morgan fingerprint density at radius 1 is 1.57 bits per heavy atom. The summed E-state index contributed by atoms with van der Waals surface area (Å²) in [6.07, 6.45) is 1.85. The Bertz CT molecular complexity index is 314. The van der Waals surface area contributed by atoms with Crippen LogP contribution in [-0.2, 0) is 4.74 Å². The van der Waals surface area contributed by atoms with Gasteiger partial charge in [-0.1, -0.05) is 6.92 Å². The van der Waals surface area contributed by atoms with Crippen molar-refractivity contribution in [1.82, 2.24) is 4.98 Å². The van der Waals surface area contributed by atoms with E-state index >= 15 is 0 Å². The molecule has 1 aliphatic rings. The van der Waals surface area contributed by atoms with Crippen LogP contribution in [0.3, 0.4) is 0 Å². The Labute approximate surface area is 84.7 Å². The number of aryl methyl sites for hydroxylation is 1. The molecule has 1 saturated heterocycles. The molecule has 2 heterocycles. The van der Waals surface area contributed by atoms with Gasteiger partial charge in [-0.25, -0.2) is 4.98 Å². The topological polar surface area (TPSA) is 25.4 Å². The Morgan fingerprint density at radius 3 is 3.14 bits per heavy atom. The molecule has 1 atom stereocenters. The summed E-state index contributed by atoms with van der Waals surface area (Å²) < 4.78 is 5.47. The van der Waals surface area contributed by atoms with Crippen LogP contribution in [-0.4, -0.2) is 24.9 Å². The third-order valence-electron chi connectivity index (χ3n) is 2.41. The van der Waals surface area contributed by atoms with Crippen LogP contribution < -0.4 is 4.90 Å². The fraction of sp³-hybridized carbons (Fsp3) is 0.545. The largest absolute Gasteiger partial charge is 0.361 e. The van der Waals surface area contributed by atoms with E-state index in [1.165, 1.54) is 5.56 Å². The normalized spacial score (nSPS) is 22.4. The maximum atomic E-state index is 5.47. The van der Waals surface area contributed by atoms with Gasteiger partial charge in [-0.2, -0.15) is 0 Å². The van der Waals surface area contributed by atoms with Crippen LogP contribution in [0.25, 0.3) is 0 Å². The first kappa shape index (κ1) is 9.46. The molecule has 0 aliphatic carbocycles. The van der Waals surface area contributed by atoms with E-state index in [2.05, 4.69) is 29.8 Å². The molecule has 0 amide bonds. The molecule has 3 heteroatoms. The van der Waals surface area contributed by atoms with Crippen molar-refractivity contribution >= 4 is 5.82 Å². The molecule has 1 aromatic heterocycles. The van der Waals surface area contributed by atoms with Crippen molar-refractivity contribution in [1.29, 1.82) is 0 Å². The minimum Gasteiger partial charge on any atom is -0.361 e. The summed E-state index contributed by atoms with van der Waals surface area (Å²) in [6, 6.07) is 4.11. The van der Waals surface area contributed by atoms with E-state index in [9.17, 15) is 0 Å². The van der Waals surface area contributed by atoms with Crippen molar-refractivity contribution in [2.45, 2.75) is 13.8 Å². The predicted molar refractivity (Wildman–Crippen MR) is 56.3 cm³/mol. The number of hydrogen-bond donors (Lipinski definition) is 0. The highest BCUT2D eigenvalue weighted by Crippen LogP contribution is 2.17. The standard InChI is InChI=1S/C11H16N2O/c1-9-3-4-12-11(5-9)13-6-10(2)7-14-8-13/h3-5,10H,6-8H2,1-2H3. The van der Waals surface area contributed by atoms with Crippen molar-refractivity contribution in [3.8, 4) is 0 Å². The van der Waals surface area contributed by atoms with E-state index in [0.717, 1.165) is 19.0 Å². The van der Waals surface area contributed by atoms with Gasteiger partial charge in [-0.15, -0.1) is 0 Å². The molecule has 1 unspecified atom stereocenters. The molecule has 0 aromatic carbocycles. The lowest BCUT2D eigenvalue weighted by Crippen LogP contribution is -2.38. The van der Waals surface area contributed by atoms with E-state index < -0.39 is 0 Å². The minimum absolute atomic E-state index is 0.589. The number of rotatable bonds is 1. The van der Waals surface area contributed by atoms with Crippen molar-refractivity contribution in [2.24, 2.45) is 5.92 Å². The van der Waals surface area contributed by atoms with Gasteiger partial charge in [0.1, 0.15) is 12.5 Å². The fourth-order valence-corrected chi connectivity index (χ4v) is 1.70. The predicted octanol–water partition coefficient (Wildman–Crippen LogP) is 1.82. The van der Waals surface area contributed by atoms with E-state index in [1.807, 2.05) is 12.3 Å². The molecule has 2 rings (SSSR count). The van der Waals surface area contributed by atoms with Crippen LogP contribution in [0.15, 0.2) is 18.3 Å². The van der Waals surface area contributed by atoms with Crippen LogP contribution >= 0.6 is 0 Å².